The second kappa shape index (κ2) is 5.34. The number of rotatable bonds is 3. The third-order valence-corrected chi connectivity index (χ3v) is 3.95. The first-order valence-corrected chi connectivity index (χ1v) is 7.38. The van der Waals surface area contributed by atoms with Gasteiger partial charge in [0.25, 0.3) is 0 Å². The third kappa shape index (κ3) is 2.59. The summed E-state index contributed by atoms with van der Waals surface area (Å²) in [7, 11) is 0. The molecule has 7 heteroatoms. The van der Waals surface area contributed by atoms with Crippen LogP contribution in [0.3, 0.4) is 0 Å². The smallest absolute Gasteiger partial charge is 0.169 e. The zero-order valence-electron chi connectivity index (χ0n) is 10.1. The van der Waals surface area contributed by atoms with Crippen LogP contribution in [0.2, 0.25) is 0 Å². The molecule has 0 saturated carbocycles. The number of benzene rings is 1. The van der Waals surface area contributed by atoms with Crippen molar-refractivity contribution in [2.24, 2.45) is 0 Å². The zero-order chi connectivity index (χ0) is 14.1. The molecular formula is C13H9BrFN3OS. The summed E-state index contributed by atoms with van der Waals surface area (Å²) in [6, 6.07) is 6.36. The van der Waals surface area contributed by atoms with Crippen LogP contribution in [0.25, 0.3) is 10.2 Å². The molecule has 3 rings (SSSR count). The Balaban J connectivity index is 1.84. The maximum atomic E-state index is 13.5. The standard InChI is InChI=1S/C13H9BrFN3OS/c14-7-1-2-9(15)10(5-7)19-6-11-17-12(16)8-3-4-20-13(8)18-11/h1-5H,6H2,(H2,16,17,18). The highest BCUT2D eigenvalue weighted by Gasteiger charge is 2.09. The van der Waals surface area contributed by atoms with Crippen LogP contribution in [0.4, 0.5) is 10.2 Å². The molecule has 0 spiro atoms. The highest BCUT2D eigenvalue weighted by Crippen LogP contribution is 2.25. The van der Waals surface area contributed by atoms with Gasteiger partial charge >= 0.3 is 0 Å². The Hall–Kier alpha value is -1.73. The number of nitrogens with two attached hydrogens (primary N) is 1. The van der Waals surface area contributed by atoms with Crippen LogP contribution in [0.5, 0.6) is 5.75 Å². The van der Waals surface area contributed by atoms with Gasteiger partial charge in [0, 0.05) is 4.47 Å². The minimum absolute atomic E-state index is 0.0609. The molecule has 0 radical (unpaired) electrons. The van der Waals surface area contributed by atoms with Crippen molar-refractivity contribution in [2.75, 3.05) is 5.73 Å². The van der Waals surface area contributed by atoms with E-state index >= 15 is 0 Å². The van der Waals surface area contributed by atoms with Gasteiger partial charge in [0.2, 0.25) is 0 Å². The Morgan fingerprint density at radius 2 is 2.15 bits per heavy atom. The quantitative estimate of drug-likeness (QED) is 0.778. The van der Waals surface area contributed by atoms with E-state index in [1.807, 2.05) is 11.4 Å². The second-order valence-corrected chi connectivity index (χ2v) is 5.84. The first-order chi connectivity index (χ1) is 9.63. The number of hydrogen-bond acceptors (Lipinski definition) is 5. The lowest BCUT2D eigenvalue weighted by molar-refractivity contribution is 0.281. The van der Waals surface area contributed by atoms with Crippen molar-refractivity contribution in [3.05, 3.63) is 45.8 Å². The summed E-state index contributed by atoms with van der Waals surface area (Å²) in [6.07, 6.45) is 0. The van der Waals surface area contributed by atoms with E-state index < -0.39 is 5.82 Å². The molecular weight excluding hydrogens is 345 g/mol. The highest BCUT2D eigenvalue weighted by atomic mass is 79.9. The van der Waals surface area contributed by atoms with Crippen molar-refractivity contribution in [3.8, 4) is 5.75 Å². The van der Waals surface area contributed by atoms with Gasteiger partial charge in [0.1, 0.15) is 17.3 Å². The van der Waals surface area contributed by atoms with Gasteiger partial charge in [-0.3, -0.25) is 0 Å². The Morgan fingerprint density at radius 3 is 3.00 bits per heavy atom. The van der Waals surface area contributed by atoms with E-state index in [0.717, 1.165) is 14.7 Å². The Morgan fingerprint density at radius 1 is 1.30 bits per heavy atom. The van der Waals surface area contributed by atoms with Crippen LogP contribution in [-0.4, -0.2) is 9.97 Å². The summed E-state index contributed by atoms with van der Waals surface area (Å²) in [5.41, 5.74) is 5.84. The average molecular weight is 354 g/mol. The van der Waals surface area contributed by atoms with Crippen LogP contribution in [0.15, 0.2) is 34.1 Å². The fraction of sp³-hybridized carbons (Fsp3) is 0.0769. The number of aromatic nitrogens is 2. The van der Waals surface area contributed by atoms with E-state index in [2.05, 4.69) is 25.9 Å². The van der Waals surface area contributed by atoms with Gasteiger partial charge in [-0.1, -0.05) is 15.9 Å². The predicted molar refractivity (Wildman–Crippen MR) is 80.3 cm³/mol. The van der Waals surface area contributed by atoms with E-state index in [4.69, 9.17) is 10.5 Å². The molecule has 3 aromatic rings. The van der Waals surface area contributed by atoms with E-state index in [1.165, 1.54) is 17.4 Å². The fourth-order valence-corrected chi connectivity index (χ4v) is 2.85. The molecule has 20 heavy (non-hydrogen) atoms. The van der Waals surface area contributed by atoms with Crippen molar-refractivity contribution >= 4 is 43.3 Å². The minimum Gasteiger partial charge on any atom is -0.482 e. The van der Waals surface area contributed by atoms with E-state index in [1.54, 1.807) is 12.1 Å². The van der Waals surface area contributed by atoms with Crippen molar-refractivity contribution in [1.82, 2.24) is 9.97 Å². The van der Waals surface area contributed by atoms with Crippen molar-refractivity contribution < 1.29 is 9.13 Å². The number of thiophene rings is 1. The molecule has 0 amide bonds. The molecule has 1 aromatic carbocycles. The lowest BCUT2D eigenvalue weighted by Gasteiger charge is -2.07. The van der Waals surface area contributed by atoms with Crippen molar-refractivity contribution in [3.63, 3.8) is 0 Å². The van der Waals surface area contributed by atoms with Crippen LogP contribution in [-0.2, 0) is 6.61 Å². The van der Waals surface area contributed by atoms with E-state index in [0.29, 0.717) is 11.6 Å². The lowest BCUT2D eigenvalue weighted by Crippen LogP contribution is -2.04. The van der Waals surface area contributed by atoms with Crippen LogP contribution >= 0.6 is 27.3 Å². The Bertz CT molecular complexity index is 777. The number of nitrogens with zero attached hydrogens (tertiary/aromatic N) is 2. The topological polar surface area (TPSA) is 61.0 Å². The van der Waals surface area contributed by atoms with Gasteiger partial charge in [0.05, 0.1) is 5.39 Å². The normalized spacial score (nSPS) is 10.9. The number of anilines is 1. The summed E-state index contributed by atoms with van der Waals surface area (Å²) in [6.45, 7) is 0.0609. The van der Waals surface area contributed by atoms with Crippen LogP contribution < -0.4 is 10.5 Å². The molecule has 2 N–H and O–H groups in total. The molecule has 0 atom stereocenters. The maximum absolute atomic E-state index is 13.5. The first-order valence-electron chi connectivity index (χ1n) is 5.71. The fourth-order valence-electron chi connectivity index (χ4n) is 1.72. The van der Waals surface area contributed by atoms with Gasteiger partial charge in [-0.15, -0.1) is 11.3 Å². The molecule has 0 aliphatic rings. The number of ether oxygens (including phenoxy) is 1. The van der Waals surface area contributed by atoms with E-state index in [9.17, 15) is 4.39 Å². The number of fused-ring (bicyclic) bond motifs is 1. The molecule has 0 aliphatic carbocycles. The first kappa shape index (κ1) is 13.3. The summed E-state index contributed by atoms with van der Waals surface area (Å²) >= 11 is 4.74. The van der Waals surface area contributed by atoms with Gasteiger partial charge in [-0.25, -0.2) is 14.4 Å². The molecule has 102 valence electrons. The largest absolute Gasteiger partial charge is 0.482 e. The zero-order valence-corrected chi connectivity index (χ0v) is 12.5. The summed E-state index contributed by atoms with van der Waals surface area (Å²) < 4.78 is 19.7. The van der Waals surface area contributed by atoms with Gasteiger partial charge in [-0.05, 0) is 29.6 Å². The van der Waals surface area contributed by atoms with Crippen LogP contribution in [0, 0.1) is 5.82 Å². The number of halogens is 2. The highest BCUT2D eigenvalue weighted by molar-refractivity contribution is 9.10. The average Bonchev–Trinajstić information content (AvgIpc) is 2.89. The summed E-state index contributed by atoms with van der Waals surface area (Å²) in [4.78, 5) is 9.28. The molecule has 2 heterocycles. The van der Waals surface area contributed by atoms with Gasteiger partial charge < -0.3 is 10.5 Å². The third-order valence-electron chi connectivity index (χ3n) is 2.65. The maximum Gasteiger partial charge on any atom is 0.169 e. The minimum atomic E-state index is -0.432. The van der Waals surface area contributed by atoms with Gasteiger partial charge in [-0.2, -0.15) is 0 Å². The molecule has 0 saturated heterocycles. The summed E-state index contributed by atoms with van der Waals surface area (Å²) in [5, 5.41) is 2.72. The summed E-state index contributed by atoms with van der Waals surface area (Å²) in [5.74, 6) is 0.549. The Kier molecular flexibility index (Phi) is 3.54. The molecule has 4 nitrogen and oxygen atoms in total. The molecule has 0 bridgehead atoms. The number of nitrogen functional groups attached to an aromatic ring is 1. The van der Waals surface area contributed by atoms with Gasteiger partial charge in [0.15, 0.2) is 17.4 Å². The Labute approximate surface area is 126 Å². The monoisotopic (exact) mass is 353 g/mol. The molecule has 0 unspecified atom stereocenters. The van der Waals surface area contributed by atoms with Crippen molar-refractivity contribution in [1.29, 1.82) is 0 Å². The molecule has 0 fully saturated rings. The van der Waals surface area contributed by atoms with E-state index in [-0.39, 0.29) is 12.4 Å². The lowest BCUT2D eigenvalue weighted by atomic mass is 10.3. The number of hydrogen-bond donors (Lipinski definition) is 1. The van der Waals surface area contributed by atoms with Crippen LogP contribution in [0.1, 0.15) is 5.82 Å². The molecule has 2 aromatic heterocycles. The molecule has 0 aliphatic heterocycles. The van der Waals surface area contributed by atoms with Crippen molar-refractivity contribution in [2.45, 2.75) is 6.61 Å². The SMILES string of the molecule is Nc1nc(COc2cc(Br)ccc2F)nc2sccc12. The predicted octanol–water partition coefficient (Wildman–Crippen LogP) is 3.75. The second-order valence-electron chi connectivity index (χ2n) is 4.03.